The van der Waals surface area contributed by atoms with Crippen molar-refractivity contribution < 1.29 is 0 Å². The lowest BCUT2D eigenvalue weighted by molar-refractivity contribution is 0.277. The predicted octanol–water partition coefficient (Wildman–Crippen LogP) is 5.70. The minimum Gasteiger partial charge on any atom is -0.317 e. The zero-order chi connectivity index (χ0) is 15.3. The highest BCUT2D eigenvalue weighted by Crippen LogP contribution is 2.28. The lowest BCUT2D eigenvalue weighted by Gasteiger charge is -2.27. The second kappa shape index (κ2) is 7.82. The van der Waals surface area contributed by atoms with E-state index in [1.54, 1.807) is 0 Å². The van der Waals surface area contributed by atoms with Gasteiger partial charge in [-0.25, -0.2) is 0 Å². The van der Waals surface area contributed by atoms with Gasteiger partial charge in [-0.2, -0.15) is 0 Å². The van der Waals surface area contributed by atoms with Crippen LogP contribution in [0.3, 0.4) is 0 Å². The molecule has 0 bridgehead atoms. The van der Waals surface area contributed by atoms with Gasteiger partial charge in [-0.1, -0.05) is 61.3 Å². The molecule has 0 aliphatic heterocycles. The van der Waals surface area contributed by atoms with Crippen LogP contribution in [0.1, 0.15) is 46.1 Å². The van der Waals surface area contributed by atoms with E-state index in [-0.39, 0.29) is 0 Å². The molecular weight excluding hydrogens is 334 g/mol. The highest BCUT2D eigenvalue weighted by molar-refractivity contribution is 9.10. The quantitative estimate of drug-likeness (QED) is 0.686. The summed E-state index contributed by atoms with van der Waals surface area (Å²) in [6.45, 7) is 9.27. The number of rotatable bonds is 6. The fourth-order valence-electron chi connectivity index (χ4n) is 2.87. The SMILES string of the molecule is CNC(Cc1ccc(Br)cc1Cl)CC(C)CC(C)(C)C. The summed E-state index contributed by atoms with van der Waals surface area (Å²) in [5.41, 5.74) is 1.62. The maximum absolute atomic E-state index is 6.32. The molecular formula is C17H27BrClN. The summed E-state index contributed by atoms with van der Waals surface area (Å²) >= 11 is 9.77. The van der Waals surface area contributed by atoms with E-state index in [0.717, 1.165) is 15.9 Å². The molecule has 1 N–H and O–H groups in total. The molecule has 3 heteroatoms. The van der Waals surface area contributed by atoms with Crippen LogP contribution in [-0.4, -0.2) is 13.1 Å². The molecule has 1 aromatic rings. The average Bonchev–Trinajstić information content (AvgIpc) is 2.29. The summed E-state index contributed by atoms with van der Waals surface area (Å²) in [7, 11) is 2.04. The van der Waals surface area contributed by atoms with Crippen LogP contribution in [0.5, 0.6) is 0 Å². The number of likely N-dealkylation sites (N-methyl/N-ethyl adjacent to an activating group) is 1. The molecule has 0 aliphatic carbocycles. The van der Waals surface area contributed by atoms with Crippen LogP contribution in [0, 0.1) is 11.3 Å². The first-order valence-corrected chi connectivity index (χ1v) is 8.49. The van der Waals surface area contributed by atoms with E-state index in [1.165, 1.54) is 18.4 Å². The second-order valence-electron chi connectivity index (χ2n) is 7.03. The Morgan fingerprint density at radius 1 is 1.30 bits per heavy atom. The van der Waals surface area contributed by atoms with Gasteiger partial charge in [0.15, 0.2) is 0 Å². The van der Waals surface area contributed by atoms with E-state index < -0.39 is 0 Å². The Morgan fingerprint density at radius 2 is 1.95 bits per heavy atom. The van der Waals surface area contributed by atoms with Gasteiger partial charge in [-0.3, -0.25) is 0 Å². The van der Waals surface area contributed by atoms with Gasteiger partial charge >= 0.3 is 0 Å². The van der Waals surface area contributed by atoms with E-state index >= 15 is 0 Å². The van der Waals surface area contributed by atoms with Gasteiger partial charge in [0.1, 0.15) is 0 Å². The summed E-state index contributed by atoms with van der Waals surface area (Å²) in [4.78, 5) is 0. The lowest BCUT2D eigenvalue weighted by atomic mass is 9.82. The van der Waals surface area contributed by atoms with Crippen LogP contribution in [0.4, 0.5) is 0 Å². The van der Waals surface area contributed by atoms with Crippen molar-refractivity contribution >= 4 is 27.5 Å². The van der Waals surface area contributed by atoms with Gasteiger partial charge in [-0.05, 0) is 55.3 Å². The van der Waals surface area contributed by atoms with Gasteiger partial charge in [0.2, 0.25) is 0 Å². The Kier molecular flexibility index (Phi) is 7.03. The molecule has 2 atom stereocenters. The smallest absolute Gasteiger partial charge is 0.0449 e. The average molecular weight is 361 g/mol. The normalized spacial score (nSPS) is 15.2. The van der Waals surface area contributed by atoms with E-state index in [1.807, 2.05) is 13.1 Å². The van der Waals surface area contributed by atoms with Gasteiger partial charge in [0.05, 0.1) is 0 Å². The summed E-state index contributed by atoms with van der Waals surface area (Å²) in [6.07, 6.45) is 3.41. The first kappa shape index (κ1) is 18.0. The van der Waals surface area contributed by atoms with Crippen molar-refractivity contribution in [3.63, 3.8) is 0 Å². The molecule has 20 heavy (non-hydrogen) atoms. The molecule has 1 rings (SSSR count). The van der Waals surface area contributed by atoms with E-state index in [9.17, 15) is 0 Å². The second-order valence-corrected chi connectivity index (χ2v) is 8.35. The third-order valence-corrected chi connectivity index (χ3v) is 4.38. The van der Waals surface area contributed by atoms with Crippen LogP contribution < -0.4 is 5.32 Å². The summed E-state index contributed by atoms with van der Waals surface area (Å²) in [5, 5.41) is 4.29. The highest BCUT2D eigenvalue weighted by Gasteiger charge is 2.19. The minimum absolute atomic E-state index is 0.396. The zero-order valence-electron chi connectivity index (χ0n) is 13.3. The van der Waals surface area contributed by atoms with Crippen LogP contribution in [0.25, 0.3) is 0 Å². The van der Waals surface area contributed by atoms with Crippen molar-refractivity contribution in [3.8, 4) is 0 Å². The molecule has 2 unspecified atom stereocenters. The number of hydrogen-bond donors (Lipinski definition) is 1. The molecule has 0 saturated heterocycles. The van der Waals surface area contributed by atoms with Crippen molar-refractivity contribution in [2.75, 3.05) is 7.05 Å². The standard InChI is InChI=1S/C17H27BrClN/c1-12(11-17(2,3)4)8-15(20-5)9-13-6-7-14(18)10-16(13)19/h6-7,10,12,15,20H,8-9,11H2,1-5H3. The molecule has 1 nitrogen and oxygen atoms in total. The van der Waals surface area contributed by atoms with Crippen molar-refractivity contribution in [2.45, 2.75) is 53.0 Å². The van der Waals surface area contributed by atoms with Crippen LogP contribution >= 0.6 is 27.5 Å². The maximum Gasteiger partial charge on any atom is 0.0449 e. The third-order valence-electron chi connectivity index (χ3n) is 3.54. The van der Waals surface area contributed by atoms with E-state index in [0.29, 0.717) is 17.4 Å². The van der Waals surface area contributed by atoms with Crippen molar-refractivity contribution in [3.05, 3.63) is 33.3 Å². The number of benzene rings is 1. The van der Waals surface area contributed by atoms with Crippen LogP contribution in [0.15, 0.2) is 22.7 Å². The van der Waals surface area contributed by atoms with Gasteiger partial charge in [-0.15, -0.1) is 0 Å². The molecule has 0 amide bonds. The number of halogens is 2. The molecule has 1 aromatic carbocycles. The zero-order valence-corrected chi connectivity index (χ0v) is 15.6. The third kappa shape index (κ3) is 6.60. The predicted molar refractivity (Wildman–Crippen MR) is 93.6 cm³/mol. The monoisotopic (exact) mass is 359 g/mol. The van der Waals surface area contributed by atoms with Crippen molar-refractivity contribution in [2.24, 2.45) is 11.3 Å². The molecule has 0 aliphatic rings. The van der Waals surface area contributed by atoms with Crippen LogP contribution in [-0.2, 0) is 6.42 Å². The Labute approximate surface area is 137 Å². The first-order valence-electron chi connectivity index (χ1n) is 7.32. The lowest BCUT2D eigenvalue weighted by Crippen LogP contribution is -2.30. The van der Waals surface area contributed by atoms with E-state index in [2.05, 4.69) is 61.1 Å². The molecule has 0 spiro atoms. The Balaban J connectivity index is 2.63. The van der Waals surface area contributed by atoms with Crippen molar-refractivity contribution in [1.82, 2.24) is 5.32 Å². The molecule has 0 radical (unpaired) electrons. The van der Waals surface area contributed by atoms with Gasteiger partial charge < -0.3 is 5.32 Å². The molecule has 0 saturated carbocycles. The number of nitrogens with one attached hydrogen (secondary N) is 1. The molecule has 0 fully saturated rings. The molecule has 114 valence electrons. The van der Waals surface area contributed by atoms with Gasteiger partial charge in [0.25, 0.3) is 0 Å². The molecule has 0 heterocycles. The minimum atomic E-state index is 0.396. The first-order chi connectivity index (χ1) is 9.21. The van der Waals surface area contributed by atoms with E-state index in [4.69, 9.17) is 11.6 Å². The van der Waals surface area contributed by atoms with Crippen molar-refractivity contribution in [1.29, 1.82) is 0 Å². The largest absolute Gasteiger partial charge is 0.317 e. The topological polar surface area (TPSA) is 12.0 Å². The Hall–Kier alpha value is -0.0500. The van der Waals surface area contributed by atoms with Gasteiger partial charge in [0, 0.05) is 15.5 Å². The van der Waals surface area contributed by atoms with Crippen LogP contribution in [0.2, 0.25) is 5.02 Å². The summed E-state index contributed by atoms with van der Waals surface area (Å²) in [6, 6.07) is 6.63. The summed E-state index contributed by atoms with van der Waals surface area (Å²) in [5.74, 6) is 0.710. The summed E-state index contributed by atoms with van der Waals surface area (Å²) < 4.78 is 1.04. The Bertz CT molecular complexity index is 425. The Morgan fingerprint density at radius 3 is 2.45 bits per heavy atom. The fraction of sp³-hybridized carbons (Fsp3) is 0.647. The highest BCUT2D eigenvalue weighted by atomic mass is 79.9. The fourth-order valence-corrected chi connectivity index (χ4v) is 3.62. The molecule has 0 aromatic heterocycles. The number of hydrogen-bond acceptors (Lipinski definition) is 1. The maximum atomic E-state index is 6.32.